The third-order valence-corrected chi connectivity index (χ3v) is 7.09. The number of carbonyl (C=O) groups is 2. The van der Waals surface area contributed by atoms with Crippen LogP contribution in [0.4, 0.5) is 0 Å². The van der Waals surface area contributed by atoms with E-state index in [1.54, 1.807) is 11.0 Å². The lowest BCUT2D eigenvalue weighted by Gasteiger charge is -2.29. The Labute approximate surface area is 221 Å². The summed E-state index contributed by atoms with van der Waals surface area (Å²) in [6, 6.07) is 7.47. The van der Waals surface area contributed by atoms with Crippen molar-refractivity contribution in [3.63, 3.8) is 0 Å². The third kappa shape index (κ3) is 8.92. The maximum Gasteiger partial charge on any atom is 0.252 e. The van der Waals surface area contributed by atoms with Gasteiger partial charge in [-0.2, -0.15) is 0 Å². The molecule has 0 radical (unpaired) electrons. The van der Waals surface area contributed by atoms with E-state index < -0.39 is 36.4 Å². The molecule has 0 bridgehead atoms. The highest BCUT2D eigenvalue weighted by molar-refractivity contribution is 5.89. The van der Waals surface area contributed by atoms with Gasteiger partial charge >= 0.3 is 0 Å². The number of hydrogen-bond donors (Lipinski definition) is 4. The molecule has 1 aliphatic heterocycles. The van der Waals surface area contributed by atoms with Gasteiger partial charge in [-0.1, -0.05) is 77.5 Å². The Morgan fingerprint density at radius 3 is 2.35 bits per heavy atom. The van der Waals surface area contributed by atoms with Crippen LogP contribution in [0.1, 0.15) is 71.4 Å². The van der Waals surface area contributed by atoms with Gasteiger partial charge in [0.2, 0.25) is 5.91 Å². The lowest BCUT2D eigenvalue weighted by atomic mass is 9.87. The predicted molar refractivity (Wildman–Crippen MR) is 144 cm³/mol. The number of ether oxygens (including phenoxy) is 1. The van der Waals surface area contributed by atoms with Crippen molar-refractivity contribution in [1.82, 2.24) is 10.2 Å². The molecule has 1 aliphatic rings. The quantitative estimate of drug-likeness (QED) is 0.335. The van der Waals surface area contributed by atoms with Crippen molar-refractivity contribution in [3.8, 4) is 0 Å². The van der Waals surface area contributed by atoms with Gasteiger partial charge in [0, 0.05) is 20.2 Å². The molecule has 2 amide bonds. The predicted octanol–water partition coefficient (Wildman–Crippen LogP) is 2.68. The zero-order chi connectivity index (χ0) is 27.8. The number of carbonyl (C=O) groups excluding carboxylic acids is 2. The molecule has 0 aliphatic carbocycles. The van der Waals surface area contributed by atoms with Gasteiger partial charge in [-0.3, -0.25) is 9.59 Å². The Hall–Kier alpha value is -2.26. The highest BCUT2D eigenvalue weighted by atomic mass is 16.5. The van der Waals surface area contributed by atoms with Crippen LogP contribution in [0.3, 0.4) is 0 Å². The normalized spacial score (nSPS) is 21.3. The highest BCUT2D eigenvalue weighted by Gasteiger charge is 2.37. The van der Waals surface area contributed by atoms with E-state index >= 15 is 0 Å². The van der Waals surface area contributed by atoms with Crippen molar-refractivity contribution in [2.75, 3.05) is 13.7 Å². The molecule has 1 aromatic rings. The van der Waals surface area contributed by atoms with E-state index in [0.29, 0.717) is 19.5 Å². The van der Waals surface area contributed by atoms with E-state index in [9.17, 15) is 24.9 Å². The molecule has 0 aromatic heterocycles. The number of nitrogens with zero attached hydrogens (tertiary/aromatic N) is 1. The van der Waals surface area contributed by atoms with Crippen molar-refractivity contribution >= 4 is 11.8 Å². The number of amides is 2. The molecule has 208 valence electrons. The molecule has 1 aromatic carbocycles. The highest BCUT2D eigenvalue weighted by Crippen LogP contribution is 2.23. The number of aliphatic hydroxyl groups excluding tert-OH is 3. The fourth-order valence-corrected chi connectivity index (χ4v) is 4.32. The lowest BCUT2D eigenvalue weighted by Crippen LogP contribution is -2.55. The molecule has 0 saturated carbocycles. The summed E-state index contributed by atoms with van der Waals surface area (Å²) in [6.45, 7) is 11.5. The number of likely N-dealkylation sites (tertiary alicyclic amines) is 1. The zero-order valence-electron chi connectivity index (χ0n) is 23.2. The van der Waals surface area contributed by atoms with E-state index in [2.05, 4.69) is 38.2 Å². The Morgan fingerprint density at radius 1 is 1.14 bits per heavy atom. The molecule has 2 unspecified atom stereocenters. The van der Waals surface area contributed by atoms with Crippen LogP contribution in [0.15, 0.2) is 36.4 Å². The molecular weight excluding hydrogens is 472 g/mol. The van der Waals surface area contributed by atoms with Crippen molar-refractivity contribution in [1.29, 1.82) is 0 Å². The summed E-state index contributed by atoms with van der Waals surface area (Å²) in [4.78, 5) is 28.1. The first-order valence-corrected chi connectivity index (χ1v) is 13.3. The smallest absolute Gasteiger partial charge is 0.252 e. The largest absolute Gasteiger partial charge is 0.387 e. The van der Waals surface area contributed by atoms with E-state index in [1.165, 1.54) is 18.7 Å². The van der Waals surface area contributed by atoms with Crippen LogP contribution in [0.5, 0.6) is 0 Å². The fourth-order valence-electron chi connectivity index (χ4n) is 4.32. The van der Waals surface area contributed by atoms with Crippen LogP contribution in [0, 0.1) is 5.92 Å². The standard InChI is InChI=1S/C29H46N2O6/c1-7-19(2)11-16-23(32)24(33)25(34)26(37-6)27(35)30-22-10-8-9-17-31(28(22)36)18-20-12-14-21(15-13-20)29(3,4)5/h11-16,19,22-26,32-34H,7-10,17-18H2,1-6H3,(H,30,35)/t19?,22?,23-,24+,25-,26-/m1/s1. The minimum Gasteiger partial charge on any atom is -0.387 e. The monoisotopic (exact) mass is 518 g/mol. The average Bonchev–Trinajstić information content (AvgIpc) is 3.03. The Bertz CT molecular complexity index is 895. The number of hydrogen-bond acceptors (Lipinski definition) is 6. The Balaban J connectivity index is 2.06. The summed E-state index contributed by atoms with van der Waals surface area (Å²) in [5.74, 6) is -0.699. The molecule has 37 heavy (non-hydrogen) atoms. The maximum absolute atomic E-state index is 13.3. The molecule has 1 fully saturated rings. The van der Waals surface area contributed by atoms with Crippen LogP contribution >= 0.6 is 0 Å². The van der Waals surface area contributed by atoms with E-state index in [0.717, 1.165) is 24.8 Å². The second-order valence-electron chi connectivity index (χ2n) is 11.2. The first-order valence-electron chi connectivity index (χ1n) is 13.3. The van der Waals surface area contributed by atoms with Gasteiger partial charge in [0.1, 0.15) is 24.4 Å². The maximum atomic E-state index is 13.3. The summed E-state index contributed by atoms with van der Waals surface area (Å²) in [6.07, 6.45) is -0.0526. The summed E-state index contributed by atoms with van der Waals surface area (Å²) >= 11 is 0. The SMILES string of the molecule is CCC(C)C=C[C@@H](O)[C@H](O)[C@@H](O)[C@@H](OC)C(=O)NC1CCCCN(Cc2ccc(C(C)(C)C)cc2)C1=O. The summed E-state index contributed by atoms with van der Waals surface area (Å²) in [5.41, 5.74) is 2.28. The van der Waals surface area contributed by atoms with Gasteiger partial charge in [-0.25, -0.2) is 0 Å². The molecule has 0 spiro atoms. The molecular formula is C29H46N2O6. The van der Waals surface area contributed by atoms with E-state index in [4.69, 9.17) is 4.74 Å². The number of benzene rings is 1. The number of rotatable bonds is 11. The molecule has 8 heteroatoms. The van der Waals surface area contributed by atoms with E-state index in [-0.39, 0.29) is 17.2 Å². The first kappa shape index (κ1) is 31.0. The lowest BCUT2D eigenvalue weighted by molar-refractivity contribution is -0.151. The summed E-state index contributed by atoms with van der Waals surface area (Å²) in [7, 11) is 1.24. The van der Waals surface area contributed by atoms with Gasteiger partial charge < -0.3 is 30.3 Å². The first-order chi connectivity index (χ1) is 17.4. The minimum atomic E-state index is -1.68. The van der Waals surface area contributed by atoms with Crippen molar-refractivity contribution in [3.05, 3.63) is 47.5 Å². The van der Waals surface area contributed by atoms with Gasteiger partial charge in [-0.15, -0.1) is 0 Å². The molecule has 2 rings (SSSR count). The summed E-state index contributed by atoms with van der Waals surface area (Å²) in [5, 5.41) is 34.0. The minimum absolute atomic E-state index is 0.0443. The number of allylic oxidation sites excluding steroid dienone is 1. The Morgan fingerprint density at radius 2 is 1.78 bits per heavy atom. The van der Waals surface area contributed by atoms with Crippen molar-refractivity contribution in [2.24, 2.45) is 5.92 Å². The molecule has 8 nitrogen and oxygen atoms in total. The molecule has 1 saturated heterocycles. The van der Waals surface area contributed by atoms with Crippen LogP contribution in [0.25, 0.3) is 0 Å². The summed E-state index contributed by atoms with van der Waals surface area (Å²) < 4.78 is 5.18. The second-order valence-corrected chi connectivity index (χ2v) is 11.2. The van der Waals surface area contributed by atoms with Crippen LogP contribution in [-0.2, 0) is 26.3 Å². The third-order valence-electron chi connectivity index (χ3n) is 7.09. The topological polar surface area (TPSA) is 119 Å². The van der Waals surface area contributed by atoms with Gasteiger partial charge in [0.15, 0.2) is 6.10 Å². The van der Waals surface area contributed by atoms with Gasteiger partial charge in [0.05, 0.1) is 0 Å². The molecule has 1 heterocycles. The molecule has 4 N–H and O–H groups in total. The number of methoxy groups -OCH3 is 1. The average molecular weight is 519 g/mol. The number of nitrogens with one attached hydrogen (secondary N) is 1. The van der Waals surface area contributed by atoms with Gasteiger partial charge in [-0.05, 0) is 41.7 Å². The van der Waals surface area contributed by atoms with Crippen LogP contribution in [-0.4, -0.2) is 76.1 Å². The van der Waals surface area contributed by atoms with Crippen molar-refractivity contribution in [2.45, 2.75) is 103 Å². The van der Waals surface area contributed by atoms with Crippen LogP contribution in [0.2, 0.25) is 0 Å². The fraction of sp³-hybridized carbons (Fsp3) is 0.655. The van der Waals surface area contributed by atoms with Crippen molar-refractivity contribution < 1.29 is 29.6 Å². The molecule has 6 atom stereocenters. The number of aliphatic hydroxyl groups is 3. The Kier molecular flexibility index (Phi) is 11.8. The van der Waals surface area contributed by atoms with E-state index in [1.807, 2.05) is 26.0 Å². The zero-order valence-corrected chi connectivity index (χ0v) is 23.2. The van der Waals surface area contributed by atoms with Gasteiger partial charge in [0.25, 0.3) is 5.91 Å². The second kappa shape index (κ2) is 14.0. The van der Waals surface area contributed by atoms with Crippen LogP contribution < -0.4 is 5.32 Å².